The van der Waals surface area contributed by atoms with Crippen LogP contribution in [0.25, 0.3) is 0 Å². The summed E-state index contributed by atoms with van der Waals surface area (Å²) in [5.74, 6) is -0.394. The van der Waals surface area contributed by atoms with Crippen molar-refractivity contribution in [2.75, 3.05) is 18.0 Å². The zero-order valence-electron chi connectivity index (χ0n) is 8.75. The first kappa shape index (κ1) is 9.13. The molecular weight excluding hydrogens is 191 g/mol. The van der Waals surface area contributed by atoms with Crippen LogP contribution in [0.2, 0.25) is 0 Å². The Morgan fingerprint density at radius 2 is 1.93 bits per heavy atom. The average molecular weight is 206 g/mol. The van der Waals surface area contributed by atoms with Gasteiger partial charge in [-0.05, 0) is 25.0 Å². The van der Waals surface area contributed by atoms with Crippen molar-refractivity contribution in [2.24, 2.45) is 5.41 Å². The summed E-state index contributed by atoms with van der Waals surface area (Å²) in [5.41, 5.74) is 1.66. The lowest BCUT2D eigenvalue weighted by Crippen LogP contribution is -2.55. The molecule has 1 spiro atoms. The number of hydrogen-bond donors (Lipinski definition) is 0. The van der Waals surface area contributed by atoms with E-state index in [9.17, 15) is 4.39 Å². The highest BCUT2D eigenvalue weighted by molar-refractivity contribution is 5.47. The molecule has 0 N–H and O–H groups in total. The number of pyridine rings is 1. The molecule has 2 nitrogen and oxygen atoms in total. The Labute approximate surface area is 89.1 Å². The van der Waals surface area contributed by atoms with Crippen LogP contribution in [-0.2, 0) is 0 Å². The van der Waals surface area contributed by atoms with E-state index in [4.69, 9.17) is 0 Å². The Kier molecular flexibility index (Phi) is 1.94. The lowest BCUT2D eigenvalue weighted by Gasteiger charge is -2.49. The maximum absolute atomic E-state index is 12.6. The van der Waals surface area contributed by atoms with Crippen molar-refractivity contribution in [2.45, 2.75) is 25.7 Å². The molecule has 1 aliphatic heterocycles. The molecule has 0 amide bonds. The first-order valence-electron chi connectivity index (χ1n) is 5.64. The lowest BCUT2D eigenvalue weighted by atomic mass is 9.78. The van der Waals surface area contributed by atoms with Crippen LogP contribution in [0.5, 0.6) is 0 Å². The van der Waals surface area contributed by atoms with Gasteiger partial charge in [-0.2, -0.15) is 4.39 Å². The molecule has 0 atom stereocenters. The maximum atomic E-state index is 12.6. The summed E-state index contributed by atoms with van der Waals surface area (Å²) in [6.45, 7) is 2.28. The van der Waals surface area contributed by atoms with Crippen LogP contribution in [0.1, 0.15) is 25.7 Å². The van der Waals surface area contributed by atoms with Crippen molar-refractivity contribution in [3.63, 3.8) is 0 Å². The van der Waals surface area contributed by atoms with Crippen LogP contribution >= 0.6 is 0 Å². The highest BCUT2D eigenvalue weighted by Gasteiger charge is 2.44. The molecule has 0 bridgehead atoms. The summed E-state index contributed by atoms with van der Waals surface area (Å²) in [6, 6.07) is 3.26. The van der Waals surface area contributed by atoms with Crippen molar-refractivity contribution >= 4 is 5.69 Å². The summed E-state index contributed by atoms with van der Waals surface area (Å²) < 4.78 is 12.6. The normalized spacial score (nSPS) is 23.1. The van der Waals surface area contributed by atoms with Gasteiger partial charge in [-0.3, -0.25) is 0 Å². The van der Waals surface area contributed by atoms with Crippen LogP contribution in [-0.4, -0.2) is 18.1 Å². The second kappa shape index (κ2) is 3.19. The third kappa shape index (κ3) is 1.50. The minimum atomic E-state index is -0.394. The lowest BCUT2D eigenvalue weighted by molar-refractivity contribution is 0.222. The van der Waals surface area contributed by atoms with Gasteiger partial charge in [0.05, 0.1) is 11.9 Å². The molecule has 1 saturated heterocycles. The standard InChI is InChI=1S/C12H15FN2/c13-11-4-3-10(7-14-11)15-8-12(9-15)5-1-2-6-12/h3-4,7H,1-2,5-6,8-9H2. The number of aromatic nitrogens is 1. The molecule has 0 radical (unpaired) electrons. The van der Waals surface area contributed by atoms with E-state index < -0.39 is 5.95 Å². The summed E-state index contributed by atoms with van der Waals surface area (Å²) in [6.07, 6.45) is 7.15. The highest BCUT2D eigenvalue weighted by atomic mass is 19.1. The second-order valence-electron chi connectivity index (χ2n) is 4.90. The van der Waals surface area contributed by atoms with Gasteiger partial charge in [0.15, 0.2) is 0 Å². The molecule has 2 heterocycles. The number of rotatable bonds is 1. The van der Waals surface area contributed by atoms with E-state index in [1.54, 1.807) is 6.20 Å². The van der Waals surface area contributed by atoms with Crippen LogP contribution < -0.4 is 4.90 Å². The Morgan fingerprint density at radius 1 is 1.20 bits per heavy atom. The number of hydrogen-bond acceptors (Lipinski definition) is 2. The molecule has 1 aromatic rings. The van der Waals surface area contributed by atoms with E-state index in [0.717, 1.165) is 18.8 Å². The van der Waals surface area contributed by atoms with E-state index in [1.807, 2.05) is 6.07 Å². The molecule has 3 heteroatoms. The summed E-state index contributed by atoms with van der Waals surface area (Å²) in [4.78, 5) is 5.99. The van der Waals surface area contributed by atoms with Crippen LogP contribution in [0.4, 0.5) is 10.1 Å². The van der Waals surface area contributed by atoms with Crippen molar-refractivity contribution in [1.82, 2.24) is 4.98 Å². The van der Waals surface area contributed by atoms with Gasteiger partial charge < -0.3 is 4.90 Å². The third-order valence-corrected chi connectivity index (χ3v) is 3.79. The number of halogens is 1. The fourth-order valence-electron chi connectivity index (χ4n) is 2.94. The minimum Gasteiger partial charge on any atom is -0.369 e. The first-order valence-corrected chi connectivity index (χ1v) is 5.64. The fraction of sp³-hybridized carbons (Fsp3) is 0.583. The van der Waals surface area contributed by atoms with Crippen molar-refractivity contribution < 1.29 is 4.39 Å². The Morgan fingerprint density at radius 3 is 2.53 bits per heavy atom. The van der Waals surface area contributed by atoms with Gasteiger partial charge in [0.2, 0.25) is 5.95 Å². The Bertz CT molecular complexity index is 346. The van der Waals surface area contributed by atoms with Gasteiger partial charge in [-0.15, -0.1) is 0 Å². The number of nitrogens with zero attached hydrogens (tertiary/aromatic N) is 2. The molecule has 2 fully saturated rings. The zero-order chi connectivity index (χ0) is 10.3. The predicted molar refractivity (Wildman–Crippen MR) is 57.3 cm³/mol. The molecule has 1 saturated carbocycles. The average Bonchev–Trinajstić information content (AvgIpc) is 2.66. The van der Waals surface area contributed by atoms with Crippen LogP contribution in [0, 0.1) is 11.4 Å². The topological polar surface area (TPSA) is 16.1 Å². The van der Waals surface area contributed by atoms with Gasteiger partial charge in [-0.1, -0.05) is 12.8 Å². The number of anilines is 1. The van der Waals surface area contributed by atoms with Crippen molar-refractivity contribution in [3.8, 4) is 0 Å². The predicted octanol–water partition coefficient (Wildman–Crippen LogP) is 2.60. The highest BCUT2D eigenvalue weighted by Crippen LogP contribution is 2.46. The van der Waals surface area contributed by atoms with Crippen LogP contribution in [0.15, 0.2) is 18.3 Å². The van der Waals surface area contributed by atoms with Gasteiger partial charge in [-0.25, -0.2) is 4.98 Å². The molecule has 1 aromatic heterocycles. The van der Waals surface area contributed by atoms with Crippen molar-refractivity contribution in [3.05, 3.63) is 24.3 Å². The summed E-state index contributed by atoms with van der Waals surface area (Å²) >= 11 is 0. The molecular formula is C12H15FN2. The van der Waals surface area contributed by atoms with Crippen LogP contribution in [0.3, 0.4) is 0 Å². The van der Waals surface area contributed by atoms with E-state index in [2.05, 4.69) is 9.88 Å². The molecule has 1 aliphatic carbocycles. The fourth-order valence-corrected chi connectivity index (χ4v) is 2.94. The SMILES string of the molecule is Fc1ccc(N2CC3(CCCC3)C2)cn1. The molecule has 0 aromatic carbocycles. The molecule has 15 heavy (non-hydrogen) atoms. The van der Waals surface area contributed by atoms with Gasteiger partial charge in [0.25, 0.3) is 0 Å². The summed E-state index contributed by atoms with van der Waals surface area (Å²) in [5, 5.41) is 0. The second-order valence-corrected chi connectivity index (χ2v) is 4.90. The van der Waals surface area contributed by atoms with E-state index >= 15 is 0 Å². The minimum absolute atomic E-state index is 0.394. The molecule has 0 unspecified atom stereocenters. The largest absolute Gasteiger partial charge is 0.369 e. The Hall–Kier alpha value is -1.12. The van der Waals surface area contributed by atoms with Gasteiger partial charge >= 0.3 is 0 Å². The monoisotopic (exact) mass is 206 g/mol. The third-order valence-electron chi connectivity index (χ3n) is 3.79. The van der Waals surface area contributed by atoms with Crippen molar-refractivity contribution in [1.29, 1.82) is 0 Å². The van der Waals surface area contributed by atoms with Gasteiger partial charge in [0.1, 0.15) is 0 Å². The molecule has 80 valence electrons. The smallest absolute Gasteiger partial charge is 0.212 e. The maximum Gasteiger partial charge on any atom is 0.212 e. The van der Waals surface area contributed by atoms with E-state index in [0.29, 0.717) is 5.41 Å². The molecule has 3 rings (SSSR count). The summed E-state index contributed by atoms with van der Waals surface area (Å²) in [7, 11) is 0. The van der Waals surface area contributed by atoms with E-state index in [-0.39, 0.29) is 0 Å². The van der Waals surface area contributed by atoms with E-state index in [1.165, 1.54) is 31.7 Å². The Balaban J connectivity index is 1.69. The quantitative estimate of drug-likeness (QED) is 0.656. The zero-order valence-corrected chi connectivity index (χ0v) is 8.75. The first-order chi connectivity index (χ1) is 7.27. The van der Waals surface area contributed by atoms with Gasteiger partial charge in [0, 0.05) is 18.5 Å². The molecule has 2 aliphatic rings.